The van der Waals surface area contributed by atoms with Crippen molar-refractivity contribution in [2.75, 3.05) is 5.32 Å². The van der Waals surface area contributed by atoms with Crippen molar-refractivity contribution in [3.63, 3.8) is 0 Å². The number of nitrogens with zero attached hydrogens (tertiary/aromatic N) is 3. The first-order chi connectivity index (χ1) is 14.3. The Morgan fingerprint density at radius 2 is 1.93 bits per heavy atom. The molecule has 3 aromatic rings. The van der Waals surface area contributed by atoms with Gasteiger partial charge in [0, 0.05) is 42.3 Å². The molecule has 0 unspecified atom stereocenters. The number of carbonyl (C=O) groups is 1. The number of hydrogen-bond acceptors (Lipinski definition) is 4. The summed E-state index contributed by atoms with van der Waals surface area (Å²) in [6.07, 6.45) is 7.16. The molecule has 156 valence electrons. The first kappa shape index (κ1) is 20.1. The Kier molecular flexibility index (Phi) is 5.29. The second-order valence-electron chi connectivity index (χ2n) is 7.02. The largest absolute Gasteiger partial charge is 0.487 e. The SMILES string of the molecule is O=C(Nc1ccc(OC(F)(F)Cl)cc1)c1ccc(=O)n(-c2cnn(CC3CC3)c2)c1. The molecular weight excluding hydrogens is 418 g/mol. The van der Waals surface area contributed by atoms with Gasteiger partial charge >= 0.3 is 5.57 Å². The number of ether oxygens (including phenoxy) is 1. The van der Waals surface area contributed by atoms with E-state index in [0.29, 0.717) is 17.3 Å². The first-order valence-corrected chi connectivity index (χ1v) is 9.57. The molecular formula is C20H17ClF2N4O3. The molecule has 0 bridgehead atoms. The molecule has 0 radical (unpaired) electrons. The molecule has 2 heterocycles. The van der Waals surface area contributed by atoms with Crippen molar-refractivity contribution in [3.8, 4) is 11.4 Å². The van der Waals surface area contributed by atoms with Crippen molar-refractivity contribution >= 4 is 23.2 Å². The highest BCUT2D eigenvalue weighted by atomic mass is 35.5. The number of amides is 1. The molecule has 0 aliphatic heterocycles. The maximum absolute atomic E-state index is 12.7. The Hall–Kier alpha value is -3.20. The van der Waals surface area contributed by atoms with Crippen molar-refractivity contribution < 1.29 is 18.3 Å². The van der Waals surface area contributed by atoms with Crippen molar-refractivity contribution in [2.45, 2.75) is 25.0 Å². The number of alkyl halides is 3. The number of pyridine rings is 1. The third-order valence-corrected chi connectivity index (χ3v) is 4.64. The summed E-state index contributed by atoms with van der Waals surface area (Å²) < 4.78 is 32.7. The highest BCUT2D eigenvalue weighted by molar-refractivity contribution is 6.20. The van der Waals surface area contributed by atoms with Crippen LogP contribution in [0.3, 0.4) is 0 Å². The molecule has 2 aromatic heterocycles. The lowest BCUT2D eigenvalue weighted by Gasteiger charge is -2.11. The Morgan fingerprint density at radius 3 is 2.60 bits per heavy atom. The maximum Gasteiger partial charge on any atom is 0.487 e. The Morgan fingerprint density at radius 1 is 1.20 bits per heavy atom. The molecule has 30 heavy (non-hydrogen) atoms. The number of aromatic nitrogens is 3. The van der Waals surface area contributed by atoms with Gasteiger partial charge in [-0.2, -0.15) is 5.10 Å². The summed E-state index contributed by atoms with van der Waals surface area (Å²) in [5, 5.41) is 6.91. The minimum atomic E-state index is -3.81. The van der Waals surface area contributed by atoms with Crippen LogP contribution in [-0.2, 0) is 6.54 Å². The summed E-state index contributed by atoms with van der Waals surface area (Å²) >= 11 is 4.72. The van der Waals surface area contributed by atoms with Gasteiger partial charge < -0.3 is 10.1 Å². The van der Waals surface area contributed by atoms with E-state index in [0.717, 1.165) is 6.54 Å². The van der Waals surface area contributed by atoms with Crippen molar-refractivity contribution in [1.29, 1.82) is 0 Å². The van der Waals surface area contributed by atoms with Crippen LogP contribution in [0.4, 0.5) is 14.5 Å². The van der Waals surface area contributed by atoms with Gasteiger partial charge in [0.05, 0.1) is 17.4 Å². The van der Waals surface area contributed by atoms with Gasteiger partial charge in [0.15, 0.2) is 0 Å². The van der Waals surface area contributed by atoms with Crippen molar-refractivity contribution in [3.05, 3.63) is 70.9 Å². The number of hydrogen-bond donors (Lipinski definition) is 1. The van der Waals surface area contributed by atoms with Gasteiger partial charge in [-0.25, -0.2) is 0 Å². The summed E-state index contributed by atoms with van der Waals surface area (Å²) in [5.74, 6) is 0.0225. The zero-order valence-electron chi connectivity index (χ0n) is 15.6. The van der Waals surface area contributed by atoms with E-state index in [1.165, 1.54) is 60.0 Å². The van der Waals surface area contributed by atoms with Gasteiger partial charge in [-0.05, 0) is 49.1 Å². The van der Waals surface area contributed by atoms with E-state index in [4.69, 9.17) is 11.6 Å². The Bertz CT molecular complexity index is 1120. The van der Waals surface area contributed by atoms with Crippen LogP contribution in [0, 0.1) is 5.92 Å². The predicted molar refractivity (Wildman–Crippen MR) is 106 cm³/mol. The first-order valence-electron chi connectivity index (χ1n) is 9.19. The molecule has 0 atom stereocenters. The Labute approximate surface area is 174 Å². The van der Waals surface area contributed by atoms with Gasteiger partial charge in [-0.3, -0.25) is 18.8 Å². The third-order valence-electron chi connectivity index (χ3n) is 4.56. The van der Waals surface area contributed by atoms with E-state index in [1.807, 2.05) is 0 Å². The average molecular weight is 435 g/mol. The fourth-order valence-electron chi connectivity index (χ4n) is 2.91. The smallest absolute Gasteiger partial charge is 0.420 e. The number of benzene rings is 1. The zero-order chi connectivity index (χ0) is 21.3. The molecule has 1 fully saturated rings. The lowest BCUT2D eigenvalue weighted by molar-refractivity contribution is -0.0964. The standard InChI is InChI=1S/C20H17ClF2N4O3/c21-20(22,23)30-17-6-4-15(5-7-17)25-19(29)14-3-8-18(28)27(11-14)16-9-24-26(12-16)10-13-1-2-13/h3-9,11-13H,1-2,10H2,(H,25,29). The summed E-state index contributed by atoms with van der Waals surface area (Å²) in [5.41, 5.74) is -2.93. The normalized spacial score (nSPS) is 13.8. The number of rotatable bonds is 7. The van der Waals surface area contributed by atoms with Crippen molar-refractivity contribution in [2.24, 2.45) is 5.92 Å². The molecule has 1 amide bonds. The lowest BCUT2D eigenvalue weighted by Crippen LogP contribution is -2.20. The van der Waals surface area contributed by atoms with E-state index >= 15 is 0 Å². The highest BCUT2D eigenvalue weighted by Crippen LogP contribution is 2.30. The molecule has 0 spiro atoms. The van der Waals surface area contributed by atoms with Gasteiger partial charge in [0.1, 0.15) is 5.75 Å². The number of anilines is 1. The minimum absolute atomic E-state index is 0.148. The van der Waals surface area contributed by atoms with E-state index in [-0.39, 0.29) is 16.9 Å². The second kappa shape index (κ2) is 7.91. The summed E-state index contributed by atoms with van der Waals surface area (Å²) in [7, 11) is 0. The van der Waals surface area contributed by atoms with Gasteiger partial charge in [0.25, 0.3) is 11.5 Å². The number of nitrogens with one attached hydrogen (secondary N) is 1. The molecule has 4 rings (SSSR count). The monoisotopic (exact) mass is 434 g/mol. The number of carbonyl (C=O) groups excluding carboxylic acids is 1. The van der Waals surface area contributed by atoms with Crippen LogP contribution in [0.1, 0.15) is 23.2 Å². The number of halogens is 3. The van der Waals surface area contributed by atoms with Crippen LogP contribution in [0.25, 0.3) is 5.69 Å². The highest BCUT2D eigenvalue weighted by Gasteiger charge is 2.27. The quantitative estimate of drug-likeness (QED) is 0.573. The van der Waals surface area contributed by atoms with E-state index in [2.05, 4.69) is 15.2 Å². The molecule has 1 saturated carbocycles. The van der Waals surface area contributed by atoms with Crippen LogP contribution >= 0.6 is 11.6 Å². The summed E-state index contributed by atoms with van der Waals surface area (Å²) in [6.45, 7) is 0.810. The third kappa shape index (κ3) is 5.04. The van der Waals surface area contributed by atoms with Crippen molar-refractivity contribution in [1.82, 2.24) is 14.3 Å². The van der Waals surface area contributed by atoms with E-state index in [9.17, 15) is 18.4 Å². The van der Waals surface area contributed by atoms with Crippen LogP contribution in [-0.4, -0.2) is 25.8 Å². The Balaban J connectivity index is 1.48. The fraction of sp³-hybridized carbons (Fsp3) is 0.250. The van der Waals surface area contributed by atoms with Crippen LogP contribution in [0.2, 0.25) is 0 Å². The molecule has 7 nitrogen and oxygen atoms in total. The summed E-state index contributed by atoms with van der Waals surface area (Å²) in [6, 6.07) is 8.00. The van der Waals surface area contributed by atoms with Gasteiger partial charge in [-0.15, -0.1) is 8.78 Å². The zero-order valence-corrected chi connectivity index (χ0v) is 16.4. The topological polar surface area (TPSA) is 78.2 Å². The lowest BCUT2D eigenvalue weighted by atomic mass is 10.2. The molecule has 1 N–H and O–H groups in total. The van der Waals surface area contributed by atoms with Crippen LogP contribution in [0.5, 0.6) is 5.75 Å². The van der Waals surface area contributed by atoms with Crippen LogP contribution in [0.15, 0.2) is 59.8 Å². The predicted octanol–water partition coefficient (Wildman–Crippen LogP) is 3.86. The molecule has 1 aliphatic carbocycles. The van der Waals surface area contributed by atoms with Crippen LogP contribution < -0.4 is 15.6 Å². The maximum atomic E-state index is 12.7. The van der Waals surface area contributed by atoms with Gasteiger partial charge in [-0.1, -0.05) is 0 Å². The molecule has 10 heteroatoms. The average Bonchev–Trinajstić information content (AvgIpc) is 3.37. The van der Waals surface area contributed by atoms with Gasteiger partial charge in [0.2, 0.25) is 0 Å². The molecule has 1 aromatic carbocycles. The molecule has 0 saturated heterocycles. The fourth-order valence-corrected chi connectivity index (χ4v) is 3.00. The summed E-state index contributed by atoms with van der Waals surface area (Å²) in [4.78, 5) is 24.8. The minimum Gasteiger partial charge on any atom is -0.420 e. The second-order valence-corrected chi connectivity index (χ2v) is 7.46. The molecule has 1 aliphatic rings. The van der Waals surface area contributed by atoms with E-state index < -0.39 is 11.5 Å². The van der Waals surface area contributed by atoms with E-state index in [1.54, 1.807) is 17.1 Å².